The van der Waals surface area contributed by atoms with Crippen molar-refractivity contribution in [3.8, 4) is 5.75 Å². The molecule has 0 amide bonds. The Kier molecular flexibility index (Phi) is 6.73. The molecule has 0 bridgehead atoms. The van der Waals surface area contributed by atoms with E-state index in [0.717, 1.165) is 24.3 Å². The van der Waals surface area contributed by atoms with Gasteiger partial charge < -0.3 is 10.1 Å². The zero-order chi connectivity index (χ0) is 15.1. The number of nitrogens with one attached hydrogen (secondary N) is 1. The average Bonchev–Trinajstić information content (AvgIpc) is 2.37. The van der Waals surface area contributed by atoms with E-state index in [4.69, 9.17) is 4.74 Å². The summed E-state index contributed by atoms with van der Waals surface area (Å²) in [7, 11) is 0. The van der Waals surface area contributed by atoms with Gasteiger partial charge in [0.05, 0.1) is 12.1 Å². The molecular weight excluding hydrogens is 250 g/mol. The first-order chi connectivity index (χ1) is 9.40. The summed E-state index contributed by atoms with van der Waals surface area (Å²) in [6.07, 6.45) is 1.23. The second-order valence-electron chi connectivity index (χ2n) is 5.91. The van der Waals surface area contributed by atoms with Gasteiger partial charge in [-0.3, -0.25) is 4.79 Å². The molecule has 1 atom stereocenters. The van der Waals surface area contributed by atoms with Crippen LogP contribution in [0.3, 0.4) is 0 Å². The minimum absolute atomic E-state index is 0.129. The summed E-state index contributed by atoms with van der Waals surface area (Å²) >= 11 is 0. The van der Waals surface area contributed by atoms with E-state index in [1.165, 1.54) is 0 Å². The monoisotopic (exact) mass is 277 g/mol. The van der Waals surface area contributed by atoms with Crippen LogP contribution >= 0.6 is 0 Å². The third-order valence-corrected chi connectivity index (χ3v) is 3.08. The Morgan fingerprint density at radius 2 is 1.70 bits per heavy atom. The molecule has 0 saturated carbocycles. The van der Waals surface area contributed by atoms with Gasteiger partial charge >= 0.3 is 0 Å². The van der Waals surface area contributed by atoms with Crippen molar-refractivity contribution < 1.29 is 9.53 Å². The molecule has 0 heterocycles. The largest absolute Gasteiger partial charge is 0.491 e. The van der Waals surface area contributed by atoms with Gasteiger partial charge in [0.1, 0.15) is 5.75 Å². The van der Waals surface area contributed by atoms with Crippen LogP contribution in [-0.2, 0) is 0 Å². The molecule has 3 heteroatoms. The minimum atomic E-state index is -0.148. The van der Waals surface area contributed by atoms with Crippen LogP contribution in [0.25, 0.3) is 0 Å². The van der Waals surface area contributed by atoms with E-state index in [-0.39, 0.29) is 17.9 Å². The second-order valence-corrected chi connectivity index (χ2v) is 5.91. The van der Waals surface area contributed by atoms with E-state index >= 15 is 0 Å². The van der Waals surface area contributed by atoms with E-state index in [1.54, 1.807) is 0 Å². The number of benzene rings is 1. The van der Waals surface area contributed by atoms with Crippen molar-refractivity contribution in [3.05, 3.63) is 29.8 Å². The molecule has 3 nitrogen and oxygen atoms in total. The van der Waals surface area contributed by atoms with Gasteiger partial charge in [-0.1, -0.05) is 13.8 Å². The van der Waals surface area contributed by atoms with Crippen molar-refractivity contribution in [2.45, 2.75) is 53.2 Å². The highest BCUT2D eigenvalue weighted by molar-refractivity contribution is 5.99. The van der Waals surface area contributed by atoms with Crippen molar-refractivity contribution in [1.29, 1.82) is 0 Å². The van der Waals surface area contributed by atoms with Gasteiger partial charge in [0.2, 0.25) is 0 Å². The molecule has 0 fully saturated rings. The summed E-state index contributed by atoms with van der Waals surface area (Å²) in [4.78, 5) is 12.3. The van der Waals surface area contributed by atoms with Crippen LogP contribution in [0.1, 0.15) is 51.4 Å². The van der Waals surface area contributed by atoms with Crippen LogP contribution in [0.2, 0.25) is 0 Å². The zero-order valence-electron chi connectivity index (χ0n) is 13.3. The third-order valence-electron chi connectivity index (χ3n) is 3.08. The molecule has 1 N–H and O–H groups in total. The lowest BCUT2D eigenvalue weighted by molar-refractivity contribution is 0.0950. The fraction of sp³-hybridized carbons (Fsp3) is 0.588. The molecule has 0 aliphatic carbocycles. The van der Waals surface area contributed by atoms with Crippen molar-refractivity contribution in [2.24, 2.45) is 5.92 Å². The summed E-state index contributed by atoms with van der Waals surface area (Å²) < 4.78 is 5.57. The normalized spacial score (nSPS) is 12.8. The number of carbonyl (C=O) groups excluding carboxylic acids is 1. The van der Waals surface area contributed by atoms with E-state index in [9.17, 15) is 4.79 Å². The summed E-state index contributed by atoms with van der Waals surface area (Å²) in [5, 5.41) is 3.28. The lowest BCUT2D eigenvalue weighted by Gasteiger charge is -2.14. The molecule has 0 aromatic heterocycles. The molecule has 1 aromatic rings. The Labute approximate surface area is 122 Å². The maximum Gasteiger partial charge on any atom is 0.179 e. The smallest absolute Gasteiger partial charge is 0.179 e. The molecule has 1 rings (SSSR count). The van der Waals surface area contributed by atoms with Gasteiger partial charge in [0.15, 0.2) is 5.78 Å². The van der Waals surface area contributed by atoms with E-state index in [2.05, 4.69) is 19.2 Å². The van der Waals surface area contributed by atoms with Gasteiger partial charge in [-0.05, 0) is 63.9 Å². The Bertz CT molecular complexity index is 410. The molecule has 1 aromatic carbocycles. The van der Waals surface area contributed by atoms with Crippen molar-refractivity contribution in [1.82, 2.24) is 5.32 Å². The number of hydrogen-bond acceptors (Lipinski definition) is 3. The molecule has 0 radical (unpaired) electrons. The predicted molar refractivity (Wildman–Crippen MR) is 83.5 cm³/mol. The molecule has 20 heavy (non-hydrogen) atoms. The van der Waals surface area contributed by atoms with E-state index < -0.39 is 0 Å². The van der Waals surface area contributed by atoms with Crippen molar-refractivity contribution >= 4 is 5.78 Å². The van der Waals surface area contributed by atoms with Gasteiger partial charge in [-0.2, -0.15) is 0 Å². The summed E-state index contributed by atoms with van der Waals surface area (Å²) in [5.74, 6) is 1.58. The lowest BCUT2D eigenvalue weighted by Crippen LogP contribution is -2.35. The number of Topliss-reactive ketones (excluding diaryl/α,β-unsaturated/α-hetero) is 1. The summed E-state index contributed by atoms with van der Waals surface area (Å²) in [6.45, 7) is 11.1. The van der Waals surface area contributed by atoms with Crippen LogP contribution in [0, 0.1) is 5.92 Å². The first-order valence-corrected chi connectivity index (χ1v) is 7.44. The number of rotatable bonds is 8. The SMILES string of the molecule is CC(C)CCNC(C)C(=O)c1ccc(OC(C)C)cc1. The van der Waals surface area contributed by atoms with Crippen molar-refractivity contribution in [3.63, 3.8) is 0 Å². The quantitative estimate of drug-likeness (QED) is 0.737. The van der Waals surface area contributed by atoms with Crippen LogP contribution in [-0.4, -0.2) is 24.5 Å². The highest BCUT2D eigenvalue weighted by Gasteiger charge is 2.14. The molecule has 0 saturated heterocycles. The Morgan fingerprint density at radius 3 is 2.20 bits per heavy atom. The van der Waals surface area contributed by atoms with Crippen LogP contribution < -0.4 is 10.1 Å². The highest BCUT2D eigenvalue weighted by atomic mass is 16.5. The first kappa shape index (κ1) is 16.7. The number of ether oxygens (including phenoxy) is 1. The van der Waals surface area contributed by atoms with Gasteiger partial charge in [-0.25, -0.2) is 0 Å². The molecule has 0 spiro atoms. The van der Waals surface area contributed by atoms with Crippen LogP contribution in [0.4, 0.5) is 0 Å². The minimum Gasteiger partial charge on any atom is -0.491 e. The van der Waals surface area contributed by atoms with Crippen molar-refractivity contribution in [2.75, 3.05) is 6.54 Å². The third kappa shape index (κ3) is 5.74. The van der Waals surface area contributed by atoms with Crippen LogP contribution in [0.5, 0.6) is 5.75 Å². The average molecular weight is 277 g/mol. The second kappa shape index (κ2) is 8.05. The van der Waals surface area contributed by atoms with Gasteiger partial charge in [0, 0.05) is 5.56 Å². The number of hydrogen-bond donors (Lipinski definition) is 1. The fourth-order valence-corrected chi connectivity index (χ4v) is 1.90. The van der Waals surface area contributed by atoms with Gasteiger partial charge in [-0.15, -0.1) is 0 Å². The first-order valence-electron chi connectivity index (χ1n) is 7.44. The Morgan fingerprint density at radius 1 is 1.10 bits per heavy atom. The summed E-state index contributed by atoms with van der Waals surface area (Å²) in [5.41, 5.74) is 0.727. The lowest BCUT2D eigenvalue weighted by atomic mass is 10.0. The van der Waals surface area contributed by atoms with E-state index in [1.807, 2.05) is 45.0 Å². The Hall–Kier alpha value is -1.35. The number of carbonyl (C=O) groups is 1. The fourth-order valence-electron chi connectivity index (χ4n) is 1.90. The molecule has 112 valence electrons. The van der Waals surface area contributed by atoms with Gasteiger partial charge in [0.25, 0.3) is 0 Å². The molecule has 0 aliphatic rings. The van der Waals surface area contributed by atoms with E-state index in [0.29, 0.717) is 5.92 Å². The number of ketones is 1. The topological polar surface area (TPSA) is 38.3 Å². The Balaban J connectivity index is 2.54. The molecule has 1 unspecified atom stereocenters. The standard InChI is InChI=1S/C17H27NO2/c1-12(2)10-11-18-14(5)17(19)15-6-8-16(9-7-15)20-13(3)4/h6-9,12-14,18H,10-11H2,1-5H3. The maximum atomic E-state index is 12.3. The zero-order valence-corrected chi connectivity index (χ0v) is 13.3. The molecule has 0 aliphatic heterocycles. The summed E-state index contributed by atoms with van der Waals surface area (Å²) in [6, 6.07) is 7.23. The molecular formula is C17H27NO2. The van der Waals surface area contributed by atoms with Crippen LogP contribution in [0.15, 0.2) is 24.3 Å². The predicted octanol–water partition coefficient (Wildman–Crippen LogP) is 3.68. The highest BCUT2D eigenvalue weighted by Crippen LogP contribution is 2.15. The maximum absolute atomic E-state index is 12.3.